The average molecular weight is 261 g/mol. The number of nitrogens with zero attached hydrogens (tertiary/aromatic N) is 3. The summed E-state index contributed by atoms with van der Waals surface area (Å²) in [6.45, 7) is 1.01. The van der Waals surface area contributed by atoms with E-state index in [1.807, 2.05) is 0 Å². The predicted octanol–water partition coefficient (Wildman–Crippen LogP) is 2.03. The Morgan fingerprint density at radius 3 is 3.00 bits per heavy atom. The van der Waals surface area contributed by atoms with Gasteiger partial charge in [-0.3, -0.25) is 4.98 Å². The van der Waals surface area contributed by atoms with Crippen LogP contribution in [0.3, 0.4) is 0 Å². The minimum absolute atomic E-state index is 0.292. The number of anilines is 1. The molecule has 19 heavy (non-hydrogen) atoms. The molecule has 1 saturated carbocycles. The maximum Gasteiger partial charge on any atom is 0.358 e. The molecule has 2 atom stereocenters. The van der Waals surface area contributed by atoms with E-state index in [0.29, 0.717) is 11.7 Å². The summed E-state index contributed by atoms with van der Waals surface area (Å²) < 4.78 is 4.71. The molecule has 102 valence electrons. The van der Waals surface area contributed by atoms with Crippen molar-refractivity contribution in [1.29, 1.82) is 0 Å². The van der Waals surface area contributed by atoms with E-state index in [1.165, 1.54) is 45.4 Å². The molecule has 0 bridgehead atoms. The average Bonchev–Trinajstić information content (AvgIpc) is 2.94. The van der Waals surface area contributed by atoms with E-state index >= 15 is 0 Å². The third kappa shape index (κ3) is 2.29. The second kappa shape index (κ2) is 5.15. The van der Waals surface area contributed by atoms with Gasteiger partial charge in [-0.2, -0.15) is 0 Å². The number of fused-ring (bicyclic) bond motifs is 1. The Morgan fingerprint density at radius 2 is 2.16 bits per heavy atom. The molecule has 1 aliphatic carbocycles. The van der Waals surface area contributed by atoms with Crippen molar-refractivity contribution in [3.05, 3.63) is 18.1 Å². The topological polar surface area (TPSA) is 55.3 Å². The molecular formula is C14H19N3O2. The Kier molecular flexibility index (Phi) is 3.36. The summed E-state index contributed by atoms with van der Waals surface area (Å²) in [5.41, 5.74) is 0.292. The van der Waals surface area contributed by atoms with E-state index in [-0.39, 0.29) is 0 Å². The maximum atomic E-state index is 11.5. The molecule has 2 aliphatic rings. The lowest BCUT2D eigenvalue weighted by Crippen LogP contribution is -2.43. The Labute approximate surface area is 113 Å². The number of aromatic nitrogens is 2. The Balaban J connectivity index is 1.86. The maximum absolute atomic E-state index is 11.5. The summed E-state index contributed by atoms with van der Waals surface area (Å²) in [6.07, 6.45) is 9.60. The Bertz CT molecular complexity index is 478. The lowest BCUT2D eigenvalue weighted by atomic mass is 9.92. The lowest BCUT2D eigenvalue weighted by Gasteiger charge is -2.38. The highest BCUT2D eigenvalue weighted by atomic mass is 16.5. The van der Waals surface area contributed by atoms with Crippen LogP contribution in [0.25, 0.3) is 0 Å². The number of hydrogen-bond acceptors (Lipinski definition) is 5. The number of esters is 1. The van der Waals surface area contributed by atoms with Crippen LogP contribution < -0.4 is 4.90 Å². The van der Waals surface area contributed by atoms with Crippen molar-refractivity contribution in [2.45, 2.75) is 38.1 Å². The summed E-state index contributed by atoms with van der Waals surface area (Å²) in [6, 6.07) is 0.580. The smallest absolute Gasteiger partial charge is 0.358 e. The number of hydrogen-bond donors (Lipinski definition) is 0. The van der Waals surface area contributed by atoms with Gasteiger partial charge in [-0.25, -0.2) is 9.78 Å². The van der Waals surface area contributed by atoms with Crippen molar-refractivity contribution in [3.63, 3.8) is 0 Å². The molecule has 0 spiro atoms. The molecule has 1 aliphatic heterocycles. The van der Waals surface area contributed by atoms with Gasteiger partial charge in [0.05, 0.1) is 19.5 Å². The summed E-state index contributed by atoms with van der Waals surface area (Å²) in [5, 5.41) is 0. The van der Waals surface area contributed by atoms with Crippen LogP contribution in [0.15, 0.2) is 12.4 Å². The van der Waals surface area contributed by atoms with Crippen LogP contribution in [0, 0.1) is 5.92 Å². The molecule has 0 N–H and O–H groups in total. The number of carbonyl (C=O) groups is 1. The highest BCUT2D eigenvalue weighted by Gasteiger charge is 2.35. The minimum Gasteiger partial charge on any atom is -0.464 e. The zero-order chi connectivity index (χ0) is 13.2. The number of rotatable bonds is 2. The summed E-state index contributed by atoms with van der Waals surface area (Å²) in [7, 11) is 1.37. The number of ether oxygens (including phenoxy) is 1. The molecule has 0 radical (unpaired) electrons. The standard InChI is InChI=1S/C14H19N3O2/c1-19-14(18)11-8-15-9-13(16-11)17-7-3-5-10-4-2-6-12(10)17/h8-10,12H,2-7H2,1H3. The van der Waals surface area contributed by atoms with Gasteiger partial charge >= 0.3 is 5.97 Å². The molecule has 0 aromatic carbocycles. The van der Waals surface area contributed by atoms with Gasteiger partial charge in [-0.15, -0.1) is 0 Å². The Hall–Kier alpha value is -1.65. The molecule has 1 saturated heterocycles. The first-order valence-corrected chi connectivity index (χ1v) is 6.96. The quantitative estimate of drug-likeness (QED) is 0.762. The van der Waals surface area contributed by atoms with Crippen LogP contribution in [0.5, 0.6) is 0 Å². The monoisotopic (exact) mass is 261 g/mol. The molecule has 2 unspecified atom stereocenters. The van der Waals surface area contributed by atoms with Crippen LogP contribution in [0.4, 0.5) is 5.82 Å². The van der Waals surface area contributed by atoms with Crippen molar-refractivity contribution < 1.29 is 9.53 Å². The molecule has 1 aromatic rings. The second-order valence-corrected chi connectivity index (χ2v) is 5.35. The van der Waals surface area contributed by atoms with Gasteiger partial charge in [-0.1, -0.05) is 6.42 Å². The molecule has 5 nitrogen and oxygen atoms in total. The highest BCUT2D eigenvalue weighted by molar-refractivity contribution is 5.87. The van der Waals surface area contributed by atoms with E-state index in [4.69, 9.17) is 4.74 Å². The van der Waals surface area contributed by atoms with Gasteiger partial charge in [0.25, 0.3) is 0 Å². The summed E-state index contributed by atoms with van der Waals surface area (Å²) in [5.74, 6) is 1.19. The van der Waals surface area contributed by atoms with Crippen molar-refractivity contribution in [2.75, 3.05) is 18.6 Å². The van der Waals surface area contributed by atoms with Crippen LogP contribution in [-0.2, 0) is 4.74 Å². The van der Waals surface area contributed by atoms with E-state index < -0.39 is 5.97 Å². The van der Waals surface area contributed by atoms with Gasteiger partial charge in [0.2, 0.25) is 0 Å². The first-order chi connectivity index (χ1) is 9.29. The lowest BCUT2D eigenvalue weighted by molar-refractivity contribution is 0.0593. The number of carbonyl (C=O) groups excluding carboxylic acids is 1. The first kappa shape index (κ1) is 12.4. The van der Waals surface area contributed by atoms with Crippen molar-refractivity contribution in [1.82, 2.24) is 9.97 Å². The van der Waals surface area contributed by atoms with Crippen molar-refractivity contribution in [3.8, 4) is 0 Å². The number of piperidine rings is 1. The molecule has 0 amide bonds. The predicted molar refractivity (Wildman–Crippen MR) is 71.1 cm³/mol. The van der Waals surface area contributed by atoms with Crippen LogP contribution in [0.1, 0.15) is 42.6 Å². The SMILES string of the molecule is COC(=O)c1cncc(N2CCCC3CCCC32)n1. The van der Waals surface area contributed by atoms with Gasteiger partial charge in [-0.05, 0) is 31.6 Å². The van der Waals surface area contributed by atoms with Gasteiger partial charge < -0.3 is 9.64 Å². The van der Waals surface area contributed by atoms with Gasteiger partial charge in [0.1, 0.15) is 5.82 Å². The normalized spacial score (nSPS) is 26.1. The molecule has 5 heteroatoms. The molecule has 2 fully saturated rings. The van der Waals surface area contributed by atoms with Gasteiger partial charge in [0, 0.05) is 12.6 Å². The molecule has 1 aromatic heterocycles. The fourth-order valence-electron chi connectivity index (χ4n) is 3.44. The zero-order valence-corrected chi connectivity index (χ0v) is 11.2. The minimum atomic E-state index is -0.422. The largest absolute Gasteiger partial charge is 0.464 e. The molecule has 2 heterocycles. The Morgan fingerprint density at radius 1 is 1.32 bits per heavy atom. The van der Waals surface area contributed by atoms with E-state index in [2.05, 4.69) is 14.9 Å². The van der Waals surface area contributed by atoms with Crippen LogP contribution >= 0.6 is 0 Å². The van der Waals surface area contributed by atoms with E-state index in [1.54, 1.807) is 6.20 Å². The second-order valence-electron chi connectivity index (χ2n) is 5.35. The summed E-state index contributed by atoms with van der Waals surface area (Å²) >= 11 is 0. The van der Waals surface area contributed by atoms with Gasteiger partial charge in [0.15, 0.2) is 5.69 Å². The summed E-state index contributed by atoms with van der Waals surface area (Å²) in [4.78, 5) is 22.4. The van der Waals surface area contributed by atoms with Crippen molar-refractivity contribution >= 4 is 11.8 Å². The zero-order valence-electron chi connectivity index (χ0n) is 11.2. The van der Waals surface area contributed by atoms with E-state index in [9.17, 15) is 4.79 Å². The first-order valence-electron chi connectivity index (χ1n) is 6.96. The highest BCUT2D eigenvalue weighted by Crippen LogP contribution is 2.38. The fourth-order valence-corrected chi connectivity index (χ4v) is 3.44. The molecule has 3 rings (SSSR count). The number of methoxy groups -OCH3 is 1. The van der Waals surface area contributed by atoms with Crippen LogP contribution in [-0.4, -0.2) is 35.6 Å². The fraction of sp³-hybridized carbons (Fsp3) is 0.643. The third-order valence-electron chi connectivity index (χ3n) is 4.30. The molecular weight excluding hydrogens is 242 g/mol. The third-order valence-corrected chi connectivity index (χ3v) is 4.30. The van der Waals surface area contributed by atoms with Crippen molar-refractivity contribution in [2.24, 2.45) is 5.92 Å². The van der Waals surface area contributed by atoms with E-state index in [0.717, 1.165) is 18.3 Å². The van der Waals surface area contributed by atoms with Crippen LogP contribution in [0.2, 0.25) is 0 Å².